The predicted molar refractivity (Wildman–Crippen MR) is 67.1 cm³/mol. The second-order valence-electron chi connectivity index (χ2n) is 4.17. The Labute approximate surface area is 105 Å². The summed E-state index contributed by atoms with van der Waals surface area (Å²) in [7, 11) is 1.77. The normalized spacial score (nSPS) is 12.4. The molecule has 0 spiro atoms. The van der Waals surface area contributed by atoms with Crippen molar-refractivity contribution >= 4 is 5.91 Å². The summed E-state index contributed by atoms with van der Waals surface area (Å²) in [6, 6.07) is 1.65. The zero-order chi connectivity index (χ0) is 13.1. The van der Waals surface area contributed by atoms with Gasteiger partial charge in [-0.05, 0) is 19.4 Å². The van der Waals surface area contributed by atoms with E-state index in [1.165, 1.54) is 0 Å². The fraction of sp³-hybridized carbons (Fsp3) is 0.417. The largest absolute Gasteiger partial charge is 0.347 e. The van der Waals surface area contributed by atoms with Gasteiger partial charge in [-0.2, -0.15) is 5.10 Å². The molecule has 1 amide bonds. The Kier molecular flexibility index (Phi) is 3.45. The Morgan fingerprint density at radius 2 is 2.39 bits per heavy atom. The van der Waals surface area contributed by atoms with Crippen molar-refractivity contribution in [1.29, 1.82) is 0 Å². The van der Waals surface area contributed by atoms with E-state index >= 15 is 0 Å². The van der Waals surface area contributed by atoms with Gasteiger partial charge in [0.2, 0.25) is 0 Å². The van der Waals surface area contributed by atoms with Crippen LogP contribution in [0.15, 0.2) is 18.5 Å². The molecule has 0 aliphatic rings. The highest BCUT2D eigenvalue weighted by atomic mass is 16.2. The van der Waals surface area contributed by atoms with Gasteiger partial charge < -0.3 is 10.3 Å². The molecule has 2 N–H and O–H groups in total. The minimum Gasteiger partial charge on any atom is -0.347 e. The maximum Gasteiger partial charge on any atom is 0.270 e. The SMILES string of the molecule is CCc1cc(C(=O)NC(C)c2ncc[nH]2)n(C)n1. The summed E-state index contributed by atoms with van der Waals surface area (Å²) in [4.78, 5) is 19.2. The molecule has 96 valence electrons. The number of carbonyl (C=O) groups is 1. The average Bonchev–Trinajstić information content (AvgIpc) is 2.97. The lowest BCUT2D eigenvalue weighted by molar-refractivity contribution is 0.0929. The third kappa shape index (κ3) is 2.42. The average molecular weight is 247 g/mol. The van der Waals surface area contributed by atoms with Crippen LogP contribution >= 0.6 is 0 Å². The molecule has 6 nitrogen and oxygen atoms in total. The highest BCUT2D eigenvalue weighted by molar-refractivity contribution is 5.92. The van der Waals surface area contributed by atoms with Gasteiger partial charge in [-0.25, -0.2) is 4.98 Å². The van der Waals surface area contributed by atoms with E-state index in [0.29, 0.717) is 5.69 Å². The van der Waals surface area contributed by atoms with Crippen LogP contribution in [0, 0.1) is 0 Å². The summed E-state index contributed by atoms with van der Waals surface area (Å²) in [5.74, 6) is 0.592. The highest BCUT2D eigenvalue weighted by Crippen LogP contribution is 2.09. The number of aromatic nitrogens is 4. The smallest absolute Gasteiger partial charge is 0.270 e. The molecule has 1 unspecified atom stereocenters. The Morgan fingerprint density at radius 1 is 1.61 bits per heavy atom. The van der Waals surface area contributed by atoms with Crippen LogP contribution in [0.1, 0.15) is 41.9 Å². The lowest BCUT2D eigenvalue weighted by Crippen LogP contribution is -2.29. The van der Waals surface area contributed by atoms with Crippen molar-refractivity contribution in [3.63, 3.8) is 0 Å². The van der Waals surface area contributed by atoms with Gasteiger partial charge in [0.25, 0.3) is 5.91 Å². The Balaban J connectivity index is 2.09. The summed E-state index contributed by atoms with van der Waals surface area (Å²) < 4.78 is 1.60. The Bertz CT molecular complexity index is 529. The number of aromatic amines is 1. The molecule has 2 heterocycles. The summed E-state index contributed by atoms with van der Waals surface area (Å²) >= 11 is 0. The number of aryl methyl sites for hydroxylation is 2. The van der Waals surface area contributed by atoms with E-state index in [1.807, 2.05) is 19.9 Å². The van der Waals surface area contributed by atoms with Crippen molar-refractivity contribution in [3.8, 4) is 0 Å². The van der Waals surface area contributed by atoms with Crippen LogP contribution in [0.3, 0.4) is 0 Å². The number of rotatable bonds is 4. The number of hydrogen-bond donors (Lipinski definition) is 2. The molecule has 18 heavy (non-hydrogen) atoms. The van der Waals surface area contributed by atoms with Gasteiger partial charge in [0.15, 0.2) is 0 Å². The van der Waals surface area contributed by atoms with Gasteiger partial charge in [-0.15, -0.1) is 0 Å². The maximum absolute atomic E-state index is 12.1. The first-order valence-corrected chi connectivity index (χ1v) is 5.95. The van der Waals surface area contributed by atoms with Crippen LogP contribution in [0.4, 0.5) is 0 Å². The van der Waals surface area contributed by atoms with E-state index in [2.05, 4.69) is 20.4 Å². The molecular weight excluding hydrogens is 230 g/mol. The minimum absolute atomic E-state index is 0.145. The molecule has 2 aromatic rings. The molecule has 0 bridgehead atoms. The zero-order valence-electron chi connectivity index (χ0n) is 10.8. The van der Waals surface area contributed by atoms with Crippen molar-refractivity contribution < 1.29 is 4.79 Å². The van der Waals surface area contributed by atoms with E-state index in [4.69, 9.17) is 0 Å². The molecule has 0 saturated heterocycles. The number of hydrogen-bond acceptors (Lipinski definition) is 3. The fourth-order valence-corrected chi connectivity index (χ4v) is 1.77. The number of nitrogens with one attached hydrogen (secondary N) is 2. The van der Waals surface area contributed by atoms with E-state index in [-0.39, 0.29) is 11.9 Å². The highest BCUT2D eigenvalue weighted by Gasteiger charge is 2.16. The molecule has 6 heteroatoms. The lowest BCUT2D eigenvalue weighted by Gasteiger charge is -2.11. The molecule has 0 aromatic carbocycles. The van der Waals surface area contributed by atoms with E-state index in [9.17, 15) is 4.79 Å². The van der Waals surface area contributed by atoms with Gasteiger partial charge in [0.05, 0.1) is 11.7 Å². The van der Waals surface area contributed by atoms with Gasteiger partial charge in [0, 0.05) is 19.4 Å². The number of carbonyl (C=O) groups excluding carboxylic acids is 1. The van der Waals surface area contributed by atoms with Gasteiger partial charge in [0.1, 0.15) is 11.5 Å². The van der Waals surface area contributed by atoms with Crippen molar-refractivity contribution in [2.24, 2.45) is 7.05 Å². The Morgan fingerprint density at radius 3 is 2.94 bits per heavy atom. The third-order valence-electron chi connectivity index (χ3n) is 2.80. The Hall–Kier alpha value is -2.11. The quantitative estimate of drug-likeness (QED) is 0.852. The summed E-state index contributed by atoms with van der Waals surface area (Å²) in [5.41, 5.74) is 1.47. The molecule has 2 aromatic heterocycles. The van der Waals surface area contributed by atoms with Crippen LogP contribution in [0.5, 0.6) is 0 Å². The molecule has 1 atom stereocenters. The van der Waals surface area contributed by atoms with Crippen LogP contribution in [-0.4, -0.2) is 25.7 Å². The molecule has 0 radical (unpaired) electrons. The van der Waals surface area contributed by atoms with Gasteiger partial charge in [-0.1, -0.05) is 6.92 Å². The number of imidazole rings is 1. The maximum atomic E-state index is 12.1. The summed E-state index contributed by atoms with van der Waals surface area (Å²) in [6.07, 6.45) is 4.21. The first-order valence-electron chi connectivity index (χ1n) is 5.95. The standard InChI is InChI=1S/C12H17N5O/c1-4-9-7-10(17(3)16-9)12(18)15-8(2)11-13-5-6-14-11/h5-8H,4H2,1-3H3,(H,13,14)(H,15,18). The van der Waals surface area contributed by atoms with E-state index in [0.717, 1.165) is 17.9 Å². The first kappa shape index (κ1) is 12.3. The molecule has 2 rings (SSSR count). The lowest BCUT2D eigenvalue weighted by atomic mass is 10.2. The topological polar surface area (TPSA) is 75.6 Å². The van der Waals surface area contributed by atoms with Crippen LogP contribution < -0.4 is 5.32 Å². The first-order chi connectivity index (χ1) is 8.61. The second-order valence-corrected chi connectivity index (χ2v) is 4.17. The van der Waals surface area contributed by atoms with Crippen molar-refractivity contribution in [1.82, 2.24) is 25.1 Å². The molecule has 0 aliphatic carbocycles. The number of amides is 1. The number of H-pyrrole nitrogens is 1. The minimum atomic E-state index is -0.160. The molecular formula is C12H17N5O. The third-order valence-corrected chi connectivity index (χ3v) is 2.80. The van der Waals surface area contributed by atoms with Crippen molar-refractivity contribution in [3.05, 3.63) is 35.7 Å². The molecule has 0 fully saturated rings. The monoisotopic (exact) mass is 247 g/mol. The van der Waals surface area contributed by atoms with Crippen molar-refractivity contribution in [2.75, 3.05) is 0 Å². The van der Waals surface area contributed by atoms with Gasteiger partial charge >= 0.3 is 0 Å². The van der Waals surface area contributed by atoms with E-state index < -0.39 is 0 Å². The zero-order valence-corrected chi connectivity index (χ0v) is 10.8. The van der Waals surface area contributed by atoms with Crippen molar-refractivity contribution in [2.45, 2.75) is 26.3 Å². The van der Waals surface area contributed by atoms with Gasteiger partial charge in [-0.3, -0.25) is 9.48 Å². The van der Waals surface area contributed by atoms with Crippen LogP contribution in [0.25, 0.3) is 0 Å². The van der Waals surface area contributed by atoms with E-state index in [1.54, 1.807) is 24.1 Å². The van der Waals surface area contributed by atoms with Crippen LogP contribution in [-0.2, 0) is 13.5 Å². The predicted octanol–water partition coefficient (Wildman–Crippen LogP) is 1.20. The summed E-state index contributed by atoms with van der Waals surface area (Å²) in [6.45, 7) is 3.89. The molecule has 0 saturated carbocycles. The summed E-state index contributed by atoms with van der Waals surface area (Å²) in [5, 5.41) is 7.14. The number of nitrogens with zero attached hydrogens (tertiary/aromatic N) is 3. The second kappa shape index (κ2) is 5.03. The fourth-order valence-electron chi connectivity index (χ4n) is 1.77. The molecule has 0 aliphatic heterocycles. The van der Waals surface area contributed by atoms with Crippen LogP contribution in [0.2, 0.25) is 0 Å².